The first-order chi connectivity index (χ1) is 8.09. The van der Waals surface area contributed by atoms with E-state index in [1.54, 1.807) is 6.07 Å². The van der Waals surface area contributed by atoms with Gasteiger partial charge >= 0.3 is 0 Å². The Labute approximate surface area is 111 Å². The number of aromatic hydroxyl groups is 1. The zero-order valence-electron chi connectivity index (χ0n) is 12.5. The van der Waals surface area contributed by atoms with Gasteiger partial charge in [0.15, 0.2) is 0 Å². The van der Waals surface area contributed by atoms with Gasteiger partial charge in [0, 0.05) is 11.6 Å². The fourth-order valence-corrected chi connectivity index (χ4v) is 1.90. The van der Waals surface area contributed by atoms with Crippen LogP contribution in [0.4, 0.5) is 0 Å². The second-order valence-electron chi connectivity index (χ2n) is 6.85. The molecule has 0 aliphatic rings. The first kappa shape index (κ1) is 15.0. The molecule has 1 atom stereocenters. The number of phenols is 1. The lowest BCUT2D eigenvalue weighted by Crippen LogP contribution is -2.27. The van der Waals surface area contributed by atoms with Crippen molar-refractivity contribution in [1.29, 1.82) is 0 Å². The molecule has 1 aromatic carbocycles. The van der Waals surface area contributed by atoms with E-state index in [0.29, 0.717) is 5.75 Å². The van der Waals surface area contributed by atoms with E-state index in [-0.39, 0.29) is 16.9 Å². The fourth-order valence-electron chi connectivity index (χ4n) is 1.90. The summed E-state index contributed by atoms with van der Waals surface area (Å²) in [4.78, 5) is 0. The normalized spacial score (nSPS) is 14.6. The van der Waals surface area contributed by atoms with E-state index >= 15 is 0 Å². The largest absolute Gasteiger partial charge is 0.508 e. The van der Waals surface area contributed by atoms with Gasteiger partial charge in [-0.2, -0.15) is 0 Å². The molecule has 2 nitrogen and oxygen atoms in total. The highest BCUT2D eigenvalue weighted by Crippen LogP contribution is 2.38. The van der Waals surface area contributed by atoms with E-state index in [1.807, 2.05) is 6.07 Å². The van der Waals surface area contributed by atoms with Crippen LogP contribution in [0.3, 0.4) is 0 Å². The molecular weight excluding hydrogens is 222 g/mol. The third kappa shape index (κ3) is 3.05. The monoisotopic (exact) mass is 249 g/mol. The standard InChI is InChI=1S/C16H27NO/c1-7-16(5,6)11-8-9-13(18)12(10-11)14(17)15(2,3)4/h8-10,14,18H,7,17H2,1-6H3. The molecule has 0 heterocycles. The Morgan fingerprint density at radius 1 is 1.17 bits per heavy atom. The van der Waals surface area contributed by atoms with Gasteiger partial charge in [0.05, 0.1) is 0 Å². The molecule has 1 rings (SSSR count). The van der Waals surface area contributed by atoms with Gasteiger partial charge in [-0.15, -0.1) is 0 Å². The van der Waals surface area contributed by atoms with E-state index in [0.717, 1.165) is 12.0 Å². The van der Waals surface area contributed by atoms with E-state index in [9.17, 15) is 5.11 Å². The van der Waals surface area contributed by atoms with Crippen LogP contribution >= 0.6 is 0 Å². The lowest BCUT2D eigenvalue weighted by Gasteiger charge is -2.30. The van der Waals surface area contributed by atoms with Gasteiger partial charge in [0.1, 0.15) is 5.75 Å². The third-order valence-corrected chi connectivity index (χ3v) is 3.96. The van der Waals surface area contributed by atoms with Crippen molar-refractivity contribution in [3.63, 3.8) is 0 Å². The smallest absolute Gasteiger partial charge is 0.120 e. The molecule has 2 heteroatoms. The maximum Gasteiger partial charge on any atom is 0.120 e. The van der Waals surface area contributed by atoms with Gasteiger partial charge in [0.2, 0.25) is 0 Å². The van der Waals surface area contributed by atoms with Crippen molar-refractivity contribution in [2.75, 3.05) is 0 Å². The lowest BCUT2D eigenvalue weighted by atomic mass is 9.78. The number of rotatable bonds is 3. The van der Waals surface area contributed by atoms with Gasteiger partial charge in [-0.3, -0.25) is 0 Å². The number of hydrogen-bond acceptors (Lipinski definition) is 2. The Balaban J connectivity index is 3.26. The van der Waals surface area contributed by atoms with Crippen LogP contribution in [0.2, 0.25) is 0 Å². The van der Waals surface area contributed by atoms with E-state index in [2.05, 4.69) is 47.6 Å². The van der Waals surface area contributed by atoms with Gasteiger partial charge in [-0.05, 0) is 34.9 Å². The van der Waals surface area contributed by atoms with Crippen LogP contribution < -0.4 is 5.73 Å². The van der Waals surface area contributed by atoms with Crippen molar-refractivity contribution in [1.82, 2.24) is 0 Å². The molecule has 0 amide bonds. The predicted octanol–water partition coefficient (Wildman–Crippen LogP) is 4.13. The van der Waals surface area contributed by atoms with Crippen LogP contribution in [-0.4, -0.2) is 5.11 Å². The molecule has 0 radical (unpaired) electrons. The molecule has 0 aliphatic heterocycles. The maximum absolute atomic E-state index is 10.0. The number of benzene rings is 1. The van der Waals surface area contributed by atoms with Crippen molar-refractivity contribution in [2.24, 2.45) is 11.1 Å². The van der Waals surface area contributed by atoms with Crippen molar-refractivity contribution >= 4 is 0 Å². The Morgan fingerprint density at radius 2 is 1.72 bits per heavy atom. The Hall–Kier alpha value is -1.02. The number of phenolic OH excluding ortho intramolecular Hbond substituents is 1. The average Bonchev–Trinajstić information content (AvgIpc) is 2.27. The van der Waals surface area contributed by atoms with E-state index < -0.39 is 0 Å². The average molecular weight is 249 g/mol. The highest BCUT2D eigenvalue weighted by atomic mass is 16.3. The van der Waals surface area contributed by atoms with Crippen molar-refractivity contribution in [2.45, 2.75) is 59.4 Å². The summed E-state index contributed by atoms with van der Waals surface area (Å²) in [5.74, 6) is 0.299. The summed E-state index contributed by atoms with van der Waals surface area (Å²) in [5, 5.41) is 10.0. The molecule has 102 valence electrons. The summed E-state index contributed by atoms with van der Waals surface area (Å²) in [6.07, 6.45) is 1.06. The molecule has 0 spiro atoms. The summed E-state index contributed by atoms with van der Waals surface area (Å²) in [7, 11) is 0. The molecular formula is C16H27NO. The molecule has 0 bridgehead atoms. The van der Waals surface area contributed by atoms with Crippen LogP contribution in [-0.2, 0) is 5.41 Å². The molecule has 0 saturated heterocycles. The number of nitrogens with two attached hydrogens (primary N) is 1. The van der Waals surface area contributed by atoms with E-state index in [1.165, 1.54) is 5.56 Å². The molecule has 3 N–H and O–H groups in total. The Kier molecular flexibility index (Phi) is 4.12. The summed E-state index contributed by atoms with van der Waals surface area (Å²) in [5.41, 5.74) is 8.40. The summed E-state index contributed by atoms with van der Waals surface area (Å²) >= 11 is 0. The second kappa shape index (κ2) is 4.93. The zero-order valence-corrected chi connectivity index (χ0v) is 12.5. The highest BCUT2D eigenvalue weighted by Gasteiger charge is 2.27. The summed E-state index contributed by atoms with van der Waals surface area (Å²) in [6, 6.07) is 5.67. The maximum atomic E-state index is 10.0. The van der Waals surface area contributed by atoms with Crippen LogP contribution in [0.1, 0.15) is 65.1 Å². The van der Waals surface area contributed by atoms with Crippen molar-refractivity contribution in [3.8, 4) is 5.75 Å². The SMILES string of the molecule is CCC(C)(C)c1ccc(O)c(C(N)C(C)(C)C)c1. The molecule has 1 aromatic rings. The minimum atomic E-state index is -0.162. The summed E-state index contributed by atoms with van der Waals surface area (Å²) in [6.45, 7) is 12.9. The predicted molar refractivity (Wildman–Crippen MR) is 77.8 cm³/mol. The Bertz CT molecular complexity index is 416. The molecule has 0 aliphatic carbocycles. The lowest BCUT2D eigenvalue weighted by molar-refractivity contribution is 0.317. The topological polar surface area (TPSA) is 46.2 Å². The second-order valence-corrected chi connectivity index (χ2v) is 6.85. The first-order valence-electron chi connectivity index (χ1n) is 6.68. The van der Waals surface area contributed by atoms with Crippen LogP contribution in [0, 0.1) is 5.41 Å². The molecule has 0 saturated carbocycles. The third-order valence-electron chi connectivity index (χ3n) is 3.96. The Morgan fingerprint density at radius 3 is 2.17 bits per heavy atom. The van der Waals surface area contributed by atoms with Crippen LogP contribution in [0.5, 0.6) is 5.75 Å². The fraction of sp³-hybridized carbons (Fsp3) is 0.625. The summed E-state index contributed by atoms with van der Waals surface area (Å²) < 4.78 is 0. The molecule has 18 heavy (non-hydrogen) atoms. The highest BCUT2D eigenvalue weighted by molar-refractivity contribution is 5.41. The first-order valence-corrected chi connectivity index (χ1v) is 6.68. The van der Waals surface area contributed by atoms with Crippen molar-refractivity contribution < 1.29 is 5.11 Å². The minimum Gasteiger partial charge on any atom is -0.508 e. The zero-order chi connectivity index (χ0) is 14.1. The molecule has 0 aromatic heterocycles. The molecule has 0 fully saturated rings. The van der Waals surface area contributed by atoms with Gasteiger partial charge in [-0.1, -0.05) is 47.6 Å². The van der Waals surface area contributed by atoms with Gasteiger partial charge in [-0.25, -0.2) is 0 Å². The molecule has 1 unspecified atom stereocenters. The van der Waals surface area contributed by atoms with Crippen LogP contribution in [0.25, 0.3) is 0 Å². The quantitative estimate of drug-likeness (QED) is 0.846. The van der Waals surface area contributed by atoms with Crippen LogP contribution in [0.15, 0.2) is 18.2 Å². The van der Waals surface area contributed by atoms with Crippen molar-refractivity contribution in [3.05, 3.63) is 29.3 Å². The van der Waals surface area contributed by atoms with Gasteiger partial charge in [0.25, 0.3) is 0 Å². The van der Waals surface area contributed by atoms with E-state index in [4.69, 9.17) is 5.73 Å². The minimum absolute atomic E-state index is 0.0630. The number of hydrogen-bond donors (Lipinski definition) is 2. The van der Waals surface area contributed by atoms with Gasteiger partial charge < -0.3 is 10.8 Å².